The maximum Gasteiger partial charge on any atom is 0.309 e. The number of aliphatic hydroxyl groups excluding tert-OH is 1. The fourth-order valence-electron chi connectivity index (χ4n) is 4.78. The molecule has 6 nitrogen and oxygen atoms in total. The largest absolute Gasteiger partial charge is 0.497 e. The number of ether oxygens (including phenoxy) is 1. The van der Waals surface area contributed by atoms with E-state index in [1.54, 1.807) is 18.2 Å². The first kappa shape index (κ1) is 27.7. The number of aliphatic carboxylic acids is 1. The van der Waals surface area contributed by atoms with E-state index in [1.165, 1.54) is 13.3 Å². The third-order valence-electron chi connectivity index (χ3n) is 7.08. The molecule has 2 aromatic carbocycles. The molecule has 200 valence electrons. The fraction of sp³-hybridized carbons (Fsp3) is 0.357. The maximum absolute atomic E-state index is 13.4. The number of nitrogens with zero attached hydrogens (tertiary/aromatic N) is 2. The van der Waals surface area contributed by atoms with Crippen LogP contribution in [0.1, 0.15) is 42.9 Å². The molecule has 2 N–H and O–H groups in total. The first-order valence-electron chi connectivity index (χ1n) is 12.0. The lowest BCUT2D eigenvalue weighted by atomic mass is 9.74. The van der Waals surface area contributed by atoms with Crippen molar-refractivity contribution < 1.29 is 32.9 Å². The number of pyridine rings is 1. The van der Waals surface area contributed by atoms with E-state index >= 15 is 0 Å². The Bertz CT molecular complexity index is 1390. The van der Waals surface area contributed by atoms with E-state index in [9.17, 15) is 28.2 Å². The van der Waals surface area contributed by atoms with Gasteiger partial charge in [-0.15, -0.1) is 0 Å². The number of halogens is 4. The molecule has 10 heteroatoms. The monoisotopic (exact) mass is 546 g/mol. The Morgan fingerprint density at radius 3 is 2.53 bits per heavy atom. The number of fused-ring (bicyclic) bond motifs is 1. The van der Waals surface area contributed by atoms with Gasteiger partial charge in [0.1, 0.15) is 5.75 Å². The Hall–Kier alpha value is -3.32. The van der Waals surface area contributed by atoms with E-state index in [1.807, 2.05) is 4.90 Å². The van der Waals surface area contributed by atoms with Gasteiger partial charge in [-0.1, -0.05) is 23.4 Å². The number of carboxylic acid groups (broad SMARTS) is 1. The number of likely N-dealkylation sites (tertiary alicyclic amines) is 1. The molecular weight excluding hydrogens is 521 g/mol. The zero-order chi connectivity index (χ0) is 27.4. The predicted molar refractivity (Wildman–Crippen MR) is 136 cm³/mol. The zero-order valence-electron chi connectivity index (χ0n) is 20.6. The summed E-state index contributed by atoms with van der Waals surface area (Å²) in [7, 11) is 1.53. The van der Waals surface area contributed by atoms with E-state index in [0.29, 0.717) is 48.1 Å². The SMILES string of the molecule is COc1ccc2ncc(Cl)c([C@H](O)CCC3(C(=O)O)CCN(CC#Cc4cc(F)c(F)c(F)c4)CC3)c2c1. The van der Waals surface area contributed by atoms with Crippen LogP contribution in [-0.4, -0.2) is 52.8 Å². The Morgan fingerprint density at radius 2 is 1.89 bits per heavy atom. The van der Waals surface area contributed by atoms with Crippen LogP contribution in [0.3, 0.4) is 0 Å². The van der Waals surface area contributed by atoms with Gasteiger partial charge in [0.15, 0.2) is 17.5 Å². The van der Waals surface area contributed by atoms with Crippen molar-refractivity contribution >= 4 is 28.5 Å². The number of aliphatic hydroxyl groups is 1. The summed E-state index contributed by atoms with van der Waals surface area (Å²) < 4.78 is 45.1. The van der Waals surface area contributed by atoms with Crippen LogP contribution in [0.5, 0.6) is 5.75 Å². The van der Waals surface area contributed by atoms with Crippen molar-refractivity contribution in [3.63, 3.8) is 0 Å². The number of benzene rings is 2. The van der Waals surface area contributed by atoms with Crippen molar-refractivity contribution in [1.29, 1.82) is 0 Å². The van der Waals surface area contributed by atoms with Crippen LogP contribution in [0, 0.1) is 34.7 Å². The smallest absolute Gasteiger partial charge is 0.309 e. The highest BCUT2D eigenvalue weighted by molar-refractivity contribution is 6.32. The molecule has 4 rings (SSSR count). The van der Waals surface area contributed by atoms with Crippen LogP contribution >= 0.6 is 11.6 Å². The number of carbonyl (C=O) groups is 1. The standard InChI is InChI=1S/C28H26ClF3N2O4/c1-38-18-4-5-23-19(15-18)25(20(29)16-33-23)24(35)6-7-28(27(36)37)8-11-34(12-9-28)10-2-3-17-13-21(30)26(32)22(31)14-17/h4-5,13-16,24,35H,6-12H2,1H3,(H,36,37)/t24-/m1/s1. The molecule has 1 saturated heterocycles. The number of carboxylic acids is 1. The molecule has 2 heterocycles. The van der Waals surface area contributed by atoms with Crippen molar-refractivity contribution in [2.45, 2.75) is 31.8 Å². The lowest BCUT2D eigenvalue weighted by Gasteiger charge is -2.38. The second-order valence-corrected chi connectivity index (χ2v) is 9.78. The summed E-state index contributed by atoms with van der Waals surface area (Å²) in [5.74, 6) is 0.929. The average Bonchev–Trinajstić information content (AvgIpc) is 2.90. The highest BCUT2D eigenvalue weighted by Crippen LogP contribution is 2.41. The van der Waals surface area contributed by atoms with E-state index in [2.05, 4.69) is 16.8 Å². The minimum Gasteiger partial charge on any atom is -0.497 e. The van der Waals surface area contributed by atoms with Gasteiger partial charge in [-0.25, -0.2) is 13.2 Å². The van der Waals surface area contributed by atoms with E-state index in [0.717, 1.165) is 12.1 Å². The van der Waals surface area contributed by atoms with Crippen LogP contribution in [0.15, 0.2) is 36.5 Å². The maximum atomic E-state index is 13.4. The summed E-state index contributed by atoms with van der Waals surface area (Å²) in [6, 6.07) is 6.93. The van der Waals surface area contributed by atoms with Crippen LogP contribution in [0.4, 0.5) is 13.2 Å². The van der Waals surface area contributed by atoms with Gasteiger partial charge in [0.25, 0.3) is 0 Å². The van der Waals surface area contributed by atoms with Crippen molar-refractivity contribution in [3.8, 4) is 17.6 Å². The number of rotatable bonds is 7. The Labute approximate surface area is 223 Å². The predicted octanol–water partition coefficient (Wildman–Crippen LogP) is 5.35. The van der Waals surface area contributed by atoms with E-state index < -0.39 is 34.9 Å². The van der Waals surface area contributed by atoms with Gasteiger partial charge < -0.3 is 14.9 Å². The van der Waals surface area contributed by atoms with Gasteiger partial charge >= 0.3 is 5.97 Å². The number of methoxy groups -OCH3 is 1. The van der Waals surface area contributed by atoms with Gasteiger partial charge in [0, 0.05) is 35.8 Å². The van der Waals surface area contributed by atoms with Crippen molar-refractivity contribution in [3.05, 3.63) is 70.1 Å². The Balaban J connectivity index is 1.41. The third-order valence-corrected chi connectivity index (χ3v) is 7.38. The zero-order valence-corrected chi connectivity index (χ0v) is 21.4. The lowest BCUT2D eigenvalue weighted by molar-refractivity contribution is -0.153. The molecule has 1 aliphatic rings. The highest BCUT2D eigenvalue weighted by atomic mass is 35.5. The highest BCUT2D eigenvalue weighted by Gasteiger charge is 2.41. The van der Waals surface area contributed by atoms with Crippen LogP contribution in [-0.2, 0) is 4.79 Å². The lowest BCUT2D eigenvalue weighted by Crippen LogP contribution is -2.44. The molecule has 0 bridgehead atoms. The summed E-state index contributed by atoms with van der Waals surface area (Å²) in [6.45, 7) is 1.15. The molecule has 0 spiro atoms. The first-order chi connectivity index (χ1) is 18.1. The number of hydrogen-bond donors (Lipinski definition) is 2. The molecule has 38 heavy (non-hydrogen) atoms. The van der Waals surface area contributed by atoms with Gasteiger partial charge in [0.05, 0.1) is 35.7 Å². The molecule has 3 aromatic rings. The van der Waals surface area contributed by atoms with Gasteiger partial charge in [-0.3, -0.25) is 14.7 Å². The average molecular weight is 547 g/mol. The van der Waals surface area contributed by atoms with Crippen molar-refractivity contribution in [2.24, 2.45) is 5.41 Å². The van der Waals surface area contributed by atoms with Gasteiger partial charge in [-0.2, -0.15) is 0 Å². The Kier molecular flexibility index (Phi) is 8.46. The summed E-state index contributed by atoms with van der Waals surface area (Å²) in [6.07, 6.45) is 1.57. The quantitative estimate of drug-likeness (QED) is 0.307. The summed E-state index contributed by atoms with van der Waals surface area (Å²) in [5.41, 5.74) is 0.114. The topological polar surface area (TPSA) is 82.9 Å². The molecule has 1 fully saturated rings. The normalized spacial score (nSPS) is 16.1. The van der Waals surface area contributed by atoms with E-state index in [-0.39, 0.29) is 30.0 Å². The van der Waals surface area contributed by atoms with Crippen LogP contribution < -0.4 is 4.74 Å². The Morgan fingerprint density at radius 1 is 1.21 bits per heavy atom. The van der Waals surface area contributed by atoms with Crippen LogP contribution in [0.25, 0.3) is 10.9 Å². The molecule has 1 aliphatic heterocycles. The van der Waals surface area contributed by atoms with E-state index in [4.69, 9.17) is 16.3 Å². The minimum absolute atomic E-state index is 0.0206. The second kappa shape index (κ2) is 11.6. The number of aromatic nitrogens is 1. The number of hydrogen-bond acceptors (Lipinski definition) is 5. The molecule has 0 saturated carbocycles. The van der Waals surface area contributed by atoms with Crippen LogP contribution in [0.2, 0.25) is 5.02 Å². The summed E-state index contributed by atoms with van der Waals surface area (Å²) in [5, 5.41) is 22.1. The second-order valence-electron chi connectivity index (χ2n) is 9.37. The fourth-order valence-corrected chi connectivity index (χ4v) is 5.06. The molecule has 1 aromatic heterocycles. The molecule has 0 amide bonds. The van der Waals surface area contributed by atoms with Crippen molar-refractivity contribution in [1.82, 2.24) is 9.88 Å². The first-order valence-corrected chi connectivity index (χ1v) is 12.4. The molecule has 0 radical (unpaired) electrons. The summed E-state index contributed by atoms with van der Waals surface area (Å²) >= 11 is 6.39. The van der Waals surface area contributed by atoms with Gasteiger partial charge in [0.2, 0.25) is 0 Å². The molecular formula is C28H26ClF3N2O4. The van der Waals surface area contributed by atoms with Gasteiger partial charge in [-0.05, 0) is 56.0 Å². The molecule has 0 aliphatic carbocycles. The molecule has 0 unspecified atom stereocenters. The number of piperidine rings is 1. The molecule has 1 atom stereocenters. The third kappa shape index (κ3) is 5.88. The summed E-state index contributed by atoms with van der Waals surface area (Å²) in [4.78, 5) is 18.5. The van der Waals surface area contributed by atoms with Crippen molar-refractivity contribution in [2.75, 3.05) is 26.7 Å². The minimum atomic E-state index is -1.54.